The highest BCUT2D eigenvalue weighted by Gasteiger charge is 2.30. The maximum atomic E-state index is 12.5. The maximum absolute atomic E-state index is 12.5. The van der Waals surface area contributed by atoms with E-state index in [-0.39, 0.29) is 36.8 Å². The SMILES string of the molecule is Cl.Cl.Nc1nc(NCCc2ccc(C(F)(F)F)cc2)cc(C2CC(N)C2)n1. The van der Waals surface area contributed by atoms with Crippen molar-refractivity contribution >= 4 is 36.6 Å². The molecule has 1 saturated carbocycles. The molecule has 0 spiro atoms. The Labute approximate surface area is 168 Å². The van der Waals surface area contributed by atoms with Gasteiger partial charge in [-0.25, -0.2) is 4.98 Å². The van der Waals surface area contributed by atoms with E-state index >= 15 is 0 Å². The second kappa shape index (κ2) is 9.43. The van der Waals surface area contributed by atoms with Crippen molar-refractivity contribution in [1.82, 2.24) is 9.97 Å². The lowest BCUT2D eigenvalue weighted by atomic mass is 9.78. The summed E-state index contributed by atoms with van der Waals surface area (Å²) in [5, 5.41) is 3.15. The molecule has 1 aromatic carbocycles. The minimum absolute atomic E-state index is 0. The zero-order valence-electron chi connectivity index (χ0n) is 14.4. The molecule has 150 valence electrons. The van der Waals surface area contributed by atoms with Crippen molar-refractivity contribution in [3.63, 3.8) is 0 Å². The summed E-state index contributed by atoms with van der Waals surface area (Å²) < 4.78 is 37.6. The molecule has 0 aliphatic heterocycles. The van der Waals surface area contributed by atoms with Crippen molar-refractivity contribution in [2.75, 3.05) is 17.6 Å². The molecular weight excluding hydrogens is 402 g/mol. The van der Waals surface area contributed by atoms with Gasteiger partial charge in [-0.15, -0.1) is 24.8 Å². The van der Waals surface area contributed by atoms with Gasteiger partial charge in [0.25, 0.3) is 0 Å². The summed E-state index contributed by atoms with van der Waals surface area (Å²) in [5.74, 6) is 1.14. The van der Waals surface area contributed by atoms with Crippen LogP contribution in [-0.2, 0) is 12.6 Å². The van der Waals surface area contributed by atoms with E-state index in [1.54, 1.807) is 0 Å². The number of hydrogen-bond donors (Lipinski definition) is 3. The number of halogens is 5. The van der Waals surface area contributed by atoms with Crippen molar-refractivity contribution in [2.24, 2.45) is 5.73 Å². The molecule has 1 aliphatic rings. The lowest BCUT2D eigenvalue weighted by molar-refractivity contribution is -0.137. The number of nitrogens with two attached hydrogens (primary N) is 2. The number of aromatic nitrogens is 2. The van der Waals surface area contributed by atoms with E-state index in [1.165, 1.54) is 12.1 Å². The molecule has 0 radical (unpaired) electrons. The van der Waals surface area contributed by atoms with Crippen LogP contribution >= 0.6 is 24.8 Å². The summed E-state index contributed by atoms with van der Waals surface area (Å²) >= 11 is 0. The number of hydrogen-bond acceptors (Lipinski definition) is 5. The Balaban J connectivity index is 0.00000182. The molecule has 1 aromatic heterocycles. The number of nitrogen functional groups attached to an aromatic ring is 1. The fraction of sp³-hybridized carbons (Fsp3) is 0.412. The molecule has 0 atom stereocenters. The van der Waals surface area contributed by atoms with E-state index in [9.17, 15) is 13.2 Å². The van der Waals surface area contributed by atoms with Crippen LogP contribution in [0.3, 0.4) is 0 Å². The molecule has 0 saturated heterocycles. The molecule has 0 unspecified atom stereocenters. The highest BCUT2D eigenvalue weighted by atomic mass is 35.5. The first-order chi connectivity index (χ1) is 11.8. The number of alkyl halides is 3. The summed E-state index contributed by atoms with van der Waals surface area (Å²) in [6.07, 6.45) is -1.95. The number of nitrogens with zero attached hydrogens (tertiary/aromatic N) is 2. The van der Waals surface area contributed by atoms with Gasteiger partial charge in [0.1, 0.15) is 5.82 Å². The third-order valence-corrected chi connectivity index (χ3v) is 4.36. The molecule has 1 aliphatic carbocycles. The fourth-order valence-electron chi connectivity index (χ4n) is 2.88. The van der Waals surface area contributed by atoms with Crippen LogP contribution in [-0.4, -0.2) is 22.6 Å². The zero-order valence-corrected chi connectivity index (χ0v) is 16.0. The van der Waals surface area contributed by atoms with Gasteiger partial charge in [0.05, 0.1) is 11.3 Å². The molecular formula is C17H22Cl2F3N5. The van der Waals surface area contributed by atoms with Crippen molar-refractivity contribution in [1.29, 1.82) is 0 Å². The predicted octanol–water partition coefficient (Wildman–Crippen LogP) is 3.78. The summed E-state index contributed by atoms with van der Waals surface area (Å²) in [7, 11) is 0. The minimum atomic E-state index is -4.31. The van der Waals surface area contributed by atoms with E-state index < -0.39 is 11.7 Å². The van der Waals surface area contributed by atoms with Crippen LogP contribution in [0.5, 0.6) is 0 Å². The van der Waals surface area contributed by atoms with Crippen molar-refractivity contribution < 1.29 is 13.2 Å². The predicted molar refractivity (Wildman–Crippen MR) is 105 cm³/mol. The Morgan fingerprint density at radius 3 is 2.26 bits per heavy atom. The molecule has 1 fully saturated rings. The Morgan fingerprint density at radius 2 is 1.70 bits per heavy atom. The van der Waals surface area contributed by atoms with Gasteiger partial charge in [-0.1, -0.05) is 12.1 Å². The van der Waals surface area contributed by atoms with Gasteiger partial charge < -0.3 is 16.8 Å². The first-order valence-corrected chi connectivity index (χ1v) is 8.11. The van der Waals surface area contributed by atoms with E-state index in [2.05, 4.69) is 15.3 Å². The molecule has 3 rings (SSSR count). The van der Waals surface area contributed by atoms with Gasteiger partial charge in [0.2, 0.25) is 5.95 Å². The molecule has 1 heterocycles. The van der Waals surface area contributed by atoms with Crippen molar-refractivity contribution in [3.8, 4) is 0 Å². The average Bonchev–Trinajstić information content (AvgIpc) is 2.51. The normalized spacial score (nSPS) is 18.7. The van der Waals surface area contributed by atoms with Crippen LogP contribution in [0.15, 0.2) is 30.3 Å². The van der Waals surface area contributed by atoms with E-state index in [0.29, 0.717) is 24.7 Å². The minimum Gasteiger partial charge on any atom is -0.370 e. The Kier molecular flexibility index (Phi) is 8.13. The van der Waals surface area contributed by atoms with Crippen LogP contribution in [0.1, 0.15) is 35.6 Å². The summed E-state index contributed by atoms with van der Waals surface area (Å²) in [6.45, 7) is 0.533. The number of benzene rings is 1. The third-order valence-electron chi connectivity index (χ3n) is 4.36. The second-order valence-electron chi connectivity index (χ2n) is 6.34. The van der Waals surface area contributed by atoms with E-state index in [1.807, 2.05) is 6.07 Å². The molecule has 5 N–H and O–H groups in total. The lowest BCUT2D eigenvalue weighted by Crippen LogP contribution is -2.35. The monoisotopic (exact) mass is 423 g/mol. The van der Waals surface area contributed by atoms with Gasteiger partial charge in [-0.3, -0.25) is 0 Å². The zero-order chi connectivity index (χ0) is 18.0. The van der Waals surface area contributed by atoms with Crippen LogP contribution in [0.2, 0.25) is 0 Å². The number of rotatable bonds is 5. The largest absolute Gasteiger partial charge is 0.416 e. The standard InChI is InChI=1S/C17H20F3N5.2ClH/c18-17(19,20)12-3-1-10(2-4-12)5-6-23-15-9-14(24-16(22)25-15)11-7-13(21)8-11;;/h1-4,9,11,13H,5-8,21H2,(H3,22,23,24,25);2*1H. The van der Waals surface area contributed by atoms with E-state index in [4.69, 9.17) is 11.5 Å². The first kappa shape index (κ1) is 23.3. The Morgan fingerprint density at radius 1 is 1.07 bits per heavy atom. The molecule has 0 bridgehead atoms. The number of nitrogens with one attached hydrogen (secondary N) is 1. The van der Waals surface area contributed by atoms with Crippen molar-refractivity contribution in [3.05, 3.63) is 47.2 Å². The second-order valence-corrected chi connectivity index (χ2v) is 6.34. The van der Waals surface area contributed by atoms with Crippen molar-refractivity contribution in [2.45, 2.75) is 37.4 Å². The summed E-state index contributed by atoms with van der Waals surface area (Å²) in [6, 6.07) is 7.24. The fourth-order valence-corrected chi connectivity index (χ4v) is 2.88. The molecule has 0 amide bonds. The summed E-state index contributed by atoms with van der Waals surface area (Å²) in [5.41, 5.74) is 12.6. The van der Waals surface area contributed by atoms with Gasteiger partial charge >= 0.3 is 6.18 Å². The van der Waals surface area contributed by atoms with E-state index in [0.717, 1.165) is 36.2 Å². The Hall–Kier alpha value is -1.77. The molecule has 5 nitrogen and oxygen atoms in total. The Bertz CT molecular complexity index is 734. The molecule has 27 heavy (non-hydrogen) atoms. The topological polar surface area (TPSA) is 89.8 Å². The van der Waals surface area contributed by atoms with Crippen LogP contribution in [0, 0.1) is 0 Å². The van der Waals surface area contributed by atoms with Crippen LogP contribution in [0.25, 0.3) is 0 Å². The first-order valence-electron chi connectivity index (χ1n) is 8.11. The quantitative estimate of drug-likeness (QED) is 0.680. The highest BCUT2D eigenvalue weighted by molar-refractivity contribution is 5.85. The highest BCUT2D eigenvalue weighted by Crippen LogP contribution is 2.35. The lowest BCUT2D eigenvalue weighted by Gasteiger charge is -2.32. The van der Waals surface area contributed by atoms with Gasteiger partial charge in [-0.05, 0) is 37.0 Å². The maximum Gasteiger partial charge on any atom is 0.416 e. The van der Waals surface area contributed by atoms with Gasteiger partial charge in [-0.2, -0.15) is 18.2 Å². The summed E-state index contributed by atoms with van der Waals surface area (Å²) in [4.78, 5) is 8.40. The van der Waals surface area contributed by atoms with Crippen LogP contribution < -0.4 is 16.8 Å². The average molecular weight is 424 g/mol. The molecule has 2 aromatic rings. The van der Waals surface area contributed by atoms with Gasteiger partial charge in [0.15, 0.2) is 0 Å². The smallest absolute Gasteiger partial charge is 0.370 e. The van der Waals surface area contributed by atoms with Gasteiger partial charge in [0, 0.05) is 24.6 Å². The van der Waals surface area contributed by atoms with Crippen LogP contribution in [0.4, 0.5) is 24.9 Å². The molecule has 10 heteroatoms. The number of anilines is 2. The third kappa shape index (κ3) is 6.12.